The summed E-state index contributed by atoms with van der Waals surface area (Å²) in [5.41, 5.74) is 1.46. The van der Waals surface area contributed by atoms with Crippen molar-refractivity contribution in [1.82, 2.24) is 0 Å². The molecule has 52 valence electrons. The van der Waals surface area contributed by atoms with Crippen molar-refractivity contribution >= 4 is 0 Å². The van der Waals surface area contributed by atoms with Crippen molar-refractivity contribution in [2.75, 3.05) is 0 Å². The lowest BCUT2D eigenvalue weighted by molar-refractivity contribution is 0.324. The fraction of sp³-hybridized carbons (Fsp3) is 0.778. The van der Waals surface area contributed by atoms with Gasteiger partial charge in [0.1, 0.15) is 0 Å². The molecule has 1 aliphatic carbocycles. The summed E-state index contributed by atoms with van der Waals surface area (Å²) in [4.78, 5) is 0. The Balaban J connectivity index is 2.44. The molecule has 0 spiro atoms. The Bertz CT molecular complexity index is 113. The van der Waals surface area contributed by atoms with Gasteiger partial charge in [0.2, 0.25) is 0 Å². The molecule has 9 heavy (non-hydrogen) atoms. The van der Waals surface area contributed by atoms with E-state index in [2.05, 4.69) is 20.4 Å². The summed E-state index contributed by atoms with van der Waals surface area (Å²) in [7, 11) is 0. The number of allylic oxidation sites excluding steroid dienone is 1. The second kappa shape index (κ2) is 2.55. The van der Waals surface area contributed by atoms with Crippen molar-refractivity contribution in [3.05, 3.63) is 12.2 Å². The van der Waals surface area contributed by atoms with E-state index in [4.69, 9.17) is 0 Å². The molecule has 2 atom stereocenters. The molecule has 1 aliphatic rings. The van der Waals surface area contributed by atoms with Gasteiger partial charge in [-0.15, -0.1) is 0 Å². The van der Waals surface area contributed by atoms with E-state index in [1.807, 2.05) is 0 Å². The van der Waals surface area contributed by atoms with Crippen molar-refractivity contribution in [3.63, 3.8) is 0 Å². The lowest BCUT2D eigenvalue weighted by atomic mass is 9.80. The maximum Gasteiger partial charge on any atom is -0.0295 e. The molecule has 0 nitrogen and oxygen atoms in total. The molecule has 0 aliphatic heterocycles. The van der Waals surface area contributed by atoms with Gasteiger partial charge in [-0.3, -0.25) is 0 Å². The van der Waals surface area contributed by atoms with Crippen LogP contribution in [0.15, 0.2) is 12.2 Å². The molecular formula is C9H16. The first-order valence-electron chi connectivity index (χ1n) is 3.87. The van der Waals surface area contributed by atoms with E-state index in [0.29, 0.717) is 0 Å². The molecule has 0 unspecified atom stereocenters. The van der Waals surface area contributed by atoms with Gasteiger partial charge in [0.15, 0.2) is 0 Å². The maximum atomic E-state index is 4.00. The molecule has 0 bridgehead atoms. The van der Waals surface area contributed by atoms with Crippen molar-refractivity contribution in [3.8, 4) is 0 Å². The zero-order chi connectivity index (χ0) is 6.85. The molecule has 1 fully saturated rings. The third-order valence-corrected chi connectivity index (χ3v) is 2.54. The second-order valence-corrected chi connectivity index (χ2v) is 3.45. The highest BCUT2D eigenvalue weighted by molar-refractivity contribution is 4.99. The molecule has 0 heteroatoms. The van der Waals surface area contributed by atoms with Crippen LogP contribution in [0, 0.1) is 11.8 Å². The third kappa shape index (κ3) is 1.57. The smallest absolute Gasteiger partial charge is 0.0295 e. The Morgan fingerprint density at radius 2 is 2.00 bits per heavy atom. The molecular weight excluding hydrogens is 108 g/mol. The molecule has 0 amide bonds. The van der Waals surface area contributed by atoms with E-state index >= 15 is 0 Å². The SMILES string of the molecule is C=C1CC[C@H](C)[C@H](C)C1. The van der Waals surface area contributed by atoms with Crippen LogP contribution < -0.4 is 0 Å². The van der Waals surface area contributed by atoms with Crippen molar-refractivity contribution in [2.45, 2.75) is 33.1 Å². The van der Waals surface area contributed by atoms with Gasteiger partial charge >= 0.3 is 0 Å². The van der Waals surface area contributed by atoms with Gasteiger partial charge in [-0.1, -0.05) is 26.0 Å². The lowest BCUT2D eigenvalue weighted by Gasteiger charge is -2.26. The Morgan fingerprint density at radius 1 is 1.33 bits per heavy atom. The average molecular weight is 124 g/mol. The molecule has 1 rings (SSSR count). The van der Waals surface area contributed by atoms with E-state index < -0.39 is 0 Å². The minimum atomic E-state index is 0.881. The van der Waals surface area contributed by atoms with Crippen LogP contribution in [0.25, 0.3) is 0 Å². The number of hydrogen-bond donors (Lipinski definition) is 0. The first-order valence-corrected chi connectivity index (χ1v) is 3.87. The molecule has 1 saturated carbocycles. The van der Waals surface area contributed by atoms with Gasteiger partial charge in [0, 0.05) is 0 Å². The Kier molecular flexibility index (Phi) is 1.94. The summed E-state index contributed by atoms with van der Waals surface area (Å²) in [6.07, 6.45) is 3.90. The quantitative estimate of drug-likeness (QED) is 0.435. The van der Waals surface area contributed by atoms with Gasteiger partial charge < -0.3 is 0 Å². The van der Waals surface area contributed by atoms with E-state index in [0.717, 1.165) is 11.8 Å². The summed E-state index contributed by atoms with van der Waals surface area (Å²) < 4.78 is 0. The van der Waals surface area contributed by atoms with E-state index in [9.17, 15) is 0 Å². The molecule has 0 N–H and O–H groups in total. The van der Waals surface area contributed by atoms with Gasteiger partial charge in [-0.25, -0.2) is 0 Å². The lowest BCUT2D eigenvalue weighted by Crippen LogP contribution is -2.14. The summed E-state index contributed by atoms with van der Waals surface area (Å²) in [5, 5.41) is 0. The molecule has 0 saturated heterocycles. The topological polar surface area (TPSA) is 0 Å². The van der Waals surface area contributed by atoms with Crippen molar-refractivity contribution < 1.29 is 0 Å². The maximum absolute atomic E-state index is 4.00. The van der Waals surface area contributed by atoms with Crippen LogP contribution in [0.1, 0.15) is 33.1 Å². The number of hydrogen-bond acceptors (Lipinski definition) is 0. The zero-order valence-corrected chi connectivity index (χ0v) is 6.48. The fourth-order valence-electron chi connectivity index (χ4n) is 1.47. The van der Waals surface area contributed by atoms with Gasteiger partial charge in [-0.05, 0) is 31.1 Å². The molecule has 0 radical (unpaired) electrons. The summed E-state index contributed by atoms with van der Waals surface area (Å²) in [5.74, 6) is 1.81. The van der Waals surface area contributed by atoms with Crippen LogP contribution in [-0.2, 0) is 0 Å². The highest BCUT2D eigenvalue weighted by Gasteiger charge is 2.18. The largest absolute Gasteiger partial charge is 0.0999 e. The zero-order valence-electron chi connectivity index (χ0n) is 6.48. The molecule has 0 aromatic carbocycles. The van der Waals surface area contributed by atoms with Crippen LogP contribution in [0.2, 0.25) is 0 Å². The predicted octanol–water partition coefficient (Wildman–Crippen LogP) is 3.00. The van der Waals surface area contributed by atoms with E-state index in [1.165, 1.54) is 24.8 Å². The minimum absolute atomic E-state index is 0.881. The molecule has 0 heterocycles. The van der Waals surface area contributed by atoms with Crippen LogP contribution in [0.3, 0.4) is 0 Å². The van der Waals surface area contributed by atoms with E-state index in [1.54, 1.807) is 0 Å². The highest BCUT2D eigenvalue weighted by atomic mass is 14.2. The number of rotatable bonds is 0. The van der Waals surface area contributed by atoms with Crippen molar-refractivity contribution in [1.29, 1.82) is 0 Å². The average Bonchev–Trinajstić information content (AvgIpc) is 1.80. The first-order chi connectivity index (χ1) is 4.20. The monoisotopic (exact) mass is 124 g/mol. The van der Waals surface area contributed by atoms with Crippen LogP contribution in [0.5, 0.6) is 0 Å². The fourth-order valence-corrected chi connectivity index (χ4v) is 1.47. The highest BCUT2D eigenvalue weighted by Crippen LogP contribution is 2.31. The Morgan fingerprint density at radius 3 is 2.44 bits per heavy atom. The minimum Gasteiger partial charge on any atom is -0.0999 e. The summed E-state index contributed by atoms with van der Waals surface area (Å²) >= 11 is 0. The third-order valence-electron chi connectivity index (χ3n) is 2.54. The second-order valence-electron chi connectivity index (χ2n) is 3.45. The van der Waals surface area contributed by atoms with Gasteiger partial charge in [0.05, 0.1) is 0 Å². The summed E-state index contributed by atoms with van der Waals surface area (Å²) in [6.45, 7) is 8.67. The van der Waals surface area contributed by atoms with Crippen LogP contribution in [-0.4, -0.2) is 0 Å². The van der Waals surface area contributed by atoms with Gasteiger partial charge in [0.25, 0.3) is 0 Å². The van der Waals surface area contributed by atoms with Crippen molar-refractivity contribution in [2.24, 2.45) is 11.8 Å². The Hall–Kier alpha value is -0.260. The Labute approximate surface area is 58.0 Å². The predicted molar refractivity (Wildman–Crippen MR) is 41.3 cm³/mol. The summed E-state index contributed by atoms with van der Waals surface area (Å²) in [6, 6.07) is 0. The normalized spacial score (nSPS) is 36.9. The molecule has 0 aromatic heterocycles. The van der Waals surface area contributed by atoms with Crippen LogP contribution in [0.4, 0.5) is 0 Å². The first kappa shape index (κ1) is 6.85. The molecule has 0 aromatic rings. The van der Waals surface area contributed by atoms with Crippen LogP contribution >= 0.6 is 0 Å². The van der Waals surface area contributed by atoms with E-state index in [-0.39, 0.29) is 0 Å². The standard InChI is InChI=1S/C9H16/c1-7-4-5-8(2)9(3)6-7/h8-9H,1,4-6H2,2-3H3/t8-,9+/m0/s1. The van der Waals surface area contributed by atoms with Gasteiger partial charge in [-0.2, -0.15) is 0 Å².